The van der Waals surface area contributed by atoms with Gasteiger partial charge in [-0.15, -0.1) is 0 Å². The van der Waals surface area contributed by atoms with Crippen molar-refractivity contribution < 1.29 is 9.63 Å². The molecular formula is C14H20N2O2. The smallest absolute Gasteiger partial charge is 0.233 e. The van der Waals surface area contributed by atoms with Crippen molar-refractivity contribution in [2.75, 3.05) is 19.6 Å². The van der Waals surface area contributed by atoms with E-state index >= 15 is 0 Å². The Kier molecular flexibility index (Phi) is 5.17. The highest BCUT2D eigenvalue weighted by molar-refractivity contribution is 5.45. The molecule has 0 radical (unpaired) electrons. The summed E-state index contributed by atoms with van der Waals surface area (Å²) < 4.78 is 0. The first-order valence-corrected chi connectivity index (χ1v) is 6.48. The molecule has 0 aliphatic carbocycles. The number of nitrogens with one attached hydrogen (secondary N) is 1. The molecule has 0 unspecified atom stereocenters. The lowest BCUT2D eigenvalue weighted by Gasteiger charge is -2.26. The van der Waals surface area contributed by atoms with Gasteiger partial charge in [-0.05, 0) is 37.4 Å². The quantitative estimate of drug-likeness (QED) is 0.614. The van der Waals surface area contributed by atoms with Crippen molar-refractivity contribution in [1.82, 2.24) is 10.4 Å². The summed E-state index contributed by atoms with van der Waals surface area (Å²) >= 11 is 0. The summed E-state index contributed by atoms with van der Waals surface area (Å²) in [5.41, 5.74) is 1.08. The van der Waals surface area contributed by atoms with Crippen LogP contribution in [0.25, 0.3) is 0 Å². The van der Waals surface area contributed by atoms with Crippen molar-refractivity contribution in [2.24, 2.45) is 5.92 Å². The van der Waals surface area contributed by atoms with Gasteiger partial charge in [-0.1, -0.05) is 30.3 Å². The number of hydrogen-bond donors (Lipinski definition) is 1. The number of hydroxylamine groups is 2. The van der Waals surface area contributed by atoms with E-state index in [9.17, 15) is 4.79 Å². The summed E-state index contributed by atoms with van der Waals surface area (Å²) in [6.07, 6.45) is 3.00. The maximum atomic E-state index is 11.0. The van der Waals surface area contributed by atoms with Crippen LogP contribution in [-0.2, 0) is 16.2 Å². The number of hydrogen-bond acceptors (Lipinski definition) is 3. The molecule has 0 aromatic heterocycles. The minimum atomic E-state index is 0.449. The fraction of sp³-hybridized carbons (Fsp3) is 0.500. The predicted molar refractivity (Wildman–Crippen MR) is 69.6 cm³/mol. The van der Waals surface area contributed by atoms with E-state index in [0.29, 0.717) is 19.1 Å². The third-order valence-electron chi connectivity index (χ3n) is 3.25. The van der Waals surface area contributed by atoms with Gasteiger partial charge in [0.15, 0.2) is 0 Å². The van der Waals surface area contributed by atoms with Crippen LogP contribution in [0.15, 0.2) is 30.3 Å². The zero-order valence-corrected chi connectivity index (χ0v) is 10.5. The van der Waals surface area contributed by atoms with E-state index in [1.807, 2.05) is 30.3 Å². The molecule has 18 heavy (non-hydrogen) atoms. The maximum absolute atomic E-state index is 11.0. The van der Waals surface area contributed by atoms with Gasteiger partial charge in [0, 0.05) is 0 Å². The van der Waals surface area contributed by atoms with Crippen LogP contribution in [0.3, 0.4) is 0 Å². The Labute approximate surface area is 108 Å². The summed E-state index contributed by atoms with van der Waals surface area (Å²) in [4.78, 5) is 16.5. The summed E-state index contributed by atoms with van der Waals surface area (Å²) in [6, 6.07) is 9.89. The molecule has 4 heteroatoms. The average molecular weight is 248 g/mol. The Morgan fingerprint density at radius 1 is 1.28 bits per heavy atom. The molecule has 1 saturated heterocycles. The zero-order chi connectivity index (χ0) is 12.6. The van der Waals surface area contributed by atoms with Crippen LogP contribution in [0.4, 0.5) is 0 Å². The van der Waals surface area contributed by atoms with Crippen molar-refractivity contribution in [3.63, 3.8) is 0 Å². The highest BCUT2D eigenvalue weighted by Crippen LogP contribution is 2.13. The van der Waals surface area contributed by atoms with E-state index in [0.717, 1.165) is 37.9 Å². The van der Waals surface area contributed by atoms with Crippen LogP contribution in [0.2, 0.25) is 0 Å². The van der Waals surface area contributed by atoms with Crippen molar-refractivity contribution >= 4 is 6.41 Å². The molecule has 4 nitrogen and oxygen atoms in total. The first kappa shape index (κ1) is 13.1. The highest BCUT2D eigenvalue weighted by Gasteiger charge is 2.16. The molecule has 1 amide bonds. The molecule has 1 N–H and O–H groups in total. The van der Waals surface area contributed by atoms with Crippen LogP contribution >= 0.6 is 0 Å². The average Bonchev–Trinajstić information content (AvgIpc) is 2.45. The van der Waals surface area contributed by atoms with Gasteiger partial charge in [0.05, 0.1) is 6.54 Å². The molecule has 1 fully saturated rings. The largest absolute Gasteiger partial charge is 0.317 e. The molecular weight excluding hydrogens is 228 g/mol. The van der Waals surface area contributed by atoms with Crippen molar-refractivity contribution in [2.45, 2.75) is 19.4 Å². The third kappa shape index (κ3) is 4.13. The highest BCUT2D eigenvalue weighted by atomic mass is 16.7. The SMILES string of the molecule is O=CN(CC1CCNCC1)OCc1ccccc1. The fourth-order valence-corrected chi connectivity index (χ4v) is 2.18. The fourth-order valence-electron chi connectivity index (χ4n) is 2.18. The molecule has 0 bridgehead atoms. The van der Waals surface area contributed by atoms with Crippen LogP contribution in [-0.4, -0.2) is 31.1 Å². The number of carbonyl (C=O) groups is 1. The van der Waals surface area contributed by atoms with Gasteiger partial charge in [0.2, 0.25) is 6.41 Å². The van der Waals surface area contributed by atoms with E-state index in [-0.39, 0.29) is 0 Å². The van der Waals surface area contributed by atoms with Gasteiger partial charge < -0.3 is 5.32 Å². The summed E-state index contributed by atoms with van der Waals surface area (Å²) in [7, 11) is 0. The van der Waals surface area contributed by atoms with Gasteiger partial charge in [0.1, 0.15) is 6.61 Å². The Morgan fingerprint density at radius 3 is 2.67 bits per heavy atom. The van der Waals surface area contributed by atoms with Gasteiger partial charge in [-0.2, -0.15) is 0 Å². The van der Waals surface area contributed by atoms with Gasteiger partial charge in [-0.25, -0.2) is 5.06 Å². The molecule has 2 rings (SSSR count). The summed E-state index contributed by atoms with van der Waals surface area (Å²) in [6.45, 7) is 3.22. The van der Waals surface area contributed by atoms with E-state index in [1.54, 1.807) is 0 Å². The molecule has 98 valence electrons. The number of benzene rings is 1. The van der Waals surface area contributed by atoms with Crippen molar-refractivity contribution in [3.8, 4) is 0 Å². The van der Waals surface area contributed by atoms with Crippen LogP contribution in [0, 0.1) is 5.92 Å². The van der Waals surface area contributed by atoms with Crippen LogP contribution in [0.1, 0.15) is 18.4 Å². The lowest BCUT2D eigenvalue weighted by molar-refractivity contribution is -0.181. The van der Waals surface area contributed by atoms with Crippen LogP contribution < -0.4 is 5.32 Å². The second-order valence-electron chi connectivity index (χ2n) is 4.66. The Balaban J connectivity index is 1.76. The van der Waals surface area contributed by atoms with E-state index < -0.39 is 0 Å². The first-order chi connectivity index (χ1) is 8.88. The molecule has 1 aliphatic rings. The molecule has 1 aliphatic heterocycles. The number of carbonyl (C=O) groups excluding carboxylic acids is 1. The second-order valence-corrected chi connectivity index (χ2v) is 4.66. The second kappa shape index (κ2) is 7.13. The zero-order valence-electron chi connectivity index (χ0n) is 10.5. The van der Waals surface area contributed by atoms with E-state index in [2.05, 4.69) is 5.32 Å². The third-order valence-corrected chi connectivity index (χ3v) is 3.25. The number of rotatable bonds is 6. The number of nitrogens with zero attached hydrogens (tertiary/aromatic N) is 1. The van der Waals surface area contributed by atoms with Crippen molar-refractivity contribution in [3.05, 3.63) is 35.9 Å². The summed E-state index contributed by atoms with van der Waals surface area (Å²) in [5, 5.41) is 4.75. The summed E-state index contributed by atoms with van der Waals surface area (Å²) in [5.74, 6) is 0.548. The molecule has 0 spiro atoms. The Hall–Kier alpha value is -1.39. The molecule has 0 saturated carbocycles. The molecule has 1 heterocycles. The standard InChI is InChI=1S/C14H20N2O2/c17-12-16(10-13-6-8-15-9-7-13)18-11-14-4-2-1-3-5-14/h1-5,12-13,15H,6-11H2. The Morgan fingerprint density at radius 2 is 2.00 bits per heavy atom. The van der Waals surface area contributed by atoms with Gasteiger partial charge in [0.25, 0.3) is 0 Å². The molecule has 1 aromatic rings. The maximum Gasteiger partial charge on any atom is 0.233 e. The predicted octanol–water partition coefficient (Wildman–Crippen LogP) is 1.58. The van der Waals surface area contributed by atoms with Gasteiger partial charge >= 0.3 is 0 Å². The van der Waals surface area contributed by atoms with E-state index in [4.69, 9.17) is 4.84 Å². The van der Waals surface area contributed by atoms with E-state index in [1.165, 1.54) is 5.06 Å². The van der Waals surface area contributed by atoms with Gasteiger partial charge in [-0.3, -0.25) is 9.63 Å². The van der Waals surface area contributed by atoms with Crippen molar-refractivity contribution in [1.29, 1.82) is 0 Å². The minimum Gasteiger partial charge on any atom is -0.317 e. The minimum absolute atomic E-state index is 0.449. The molecule has 1 aromatic carbocycles. The normalized spacial score (nSPS) is 16.4. The monoisotopic (exact) mass is 248 g/mol. The Bertz CT molecular complexity index is 350. The number of amides is 1. The first-order valence-electron chi connectivity index (χ1n) is 6.48. The lowest BCUT2D eigenvalue weighted by atomic mass is 9.98. The number of piperidine rings is 1. The van der Waals surface area contributed by atoms with Crippen LogP contribution in [0.5, 0.6) is 0 Å². The topological polar surface area (TPSA) is 41.6 Å². The lowest BCUT2D eigenvalue weighted by Crippen LogP contribution is -2.35. The molecule has 0 atom stereocenters.